The van der Waals surface area contributed by atoms with Crippen LogP contribution in [0.25, 0.3) is 0 Å². The predicted octanol–water partition coefficient (Wildman–Crippen LogP) is 7.33. The molecule has 4 aliphatic rings. The molecule has 1 aliphatic carbocycles. The van der Waals surface area contributed by atoms with Crippen molar-refractivity contribution in [1.82, 2.24) is 14.7 Å². The molecule has 3 aliphatic heterocycles. The molecule has 5 rings (SSSR count). The van der Waals surface area contributed by atoms with Crippen molar-refractivity contribution in [3.63, 3.8) is 0 Å². The zero-order valence-electron chi connectivity index (χ0n) is 28.6. The molecule has 0 radical (unpaired) electrons. The Labute approximate surface area is 286 Å². The first-order valence-corrected chi connectivity index (χ1v) is 18.7. The Morgan fingerprint density at radius 2 is 1.71 bits per heavy atom. The van der Waals surface area contributed by atoms with E-state index in [1.807, 2.05) is 29.4 Å². The summed E-state index contributed by atoms with van der Waals surface area (Å²) in [5, 5.41) is 7.12. The van der Waals surface area contributed by atoms with E-state index >= 15 is 0 Å². The highest BCUT2D eigenvalue weighted by Crippen LogP contribution is 2.42. The molecule has 3 saturated heterocycles. The Kier molecular flexibility index (Phi) is 13.8. The van der Waals surface area contributed by atoms with Gasteiger partial charge in [-0.3, -0.25) is 9.69 Å². The van der Waals surface area contributed by atoms with Crippen LogP contribution in [-0.2, 0) is 9.53 Å². The first-order valence-electron chi connectivity index (χ1n) is 17.4. The zero-order chi connectivity index (χ0) is 34.9. The number of ether oxygens (including phenoxy) is 2. The van der Waals surface area contributed by atoms with E-state index in [9.17, 15) is 22.8 Å². The van der Waals surface area contributed by atoms with Gasteiger partial charge in [-0.15, -0.1) is 11.8 Å². The molecular weight excluding hydrogens is 647 g/mol. The molecular formula is C35H52F3N3O6S. The molecule has 9 nitrogen and oxygen atoms in total. The number of amides is 2. The van der Waals surface area contributed by atoms with Gasteiger partial charge in [0.1, 0.15) is 11.4 Å². The fraction of sp³-hybridized carbons (Fsp3) is 0.743. The summed E-state index contributed by atoms with van der Waals surface area (Å²) in [4.78, 5) is 43.3. The molecule has 4 fully saturated rings. The summed E-state index contributed by atoms with van der Waals surface area (Å²) >= 11 is 1.65. The van der Waals surface area contributed by atoms with Crippen LogP contribution < -0.4 is 4.74 Å². The average molecular weight is 700 g/mol. The summed E-state index contributed by atoms with van der Waals surface area (Å²) in [5.41, 5.74) is 0.348. The summed E-state index contributed by atoms with van der Waals surface area (Å²) in [6.45, 7) is 7.50. The van der Waals surface area contributed by atoms with E-state index < -0.39 is 12.1 Å². The van der Waals surface area contributed by atoms with Gasteiger partial charge in [0, 0.05) is 69.0 Å². The highest BCUT2D eigenvalue weighted by molar-refractivity contribution is 7.98. The van der Waals surface area contributed by atoms with E-state index in [1.165, 1.54) is 44.9 Å². The molecule has 1 aromatic rings. The molecule has 2 amide bonds. The van der Waals surface area contributed by atoms with Crippen molar-refractivity contribution in [3.8, 4) is 5.75 Å². The lowest BCUT2D eigenvalue weighted by atomic mass is 9.75. The van der Waals surface area contributed by atoms with Crippen molar-refractivity contribution in [2.24, 2.45) is 11.8 Å². The predicted molar refractivity (Wildman–Crippen MR) is 179 cm³/mol. The van der Waals surface area contributed by atoms with Crippen LogP contribution >= 0.6 is 11.8 Å². The number of carbonyl (C=O) groups is 3. The van der Waals surface area contributed by atoms with Gasteiger partial charge < -0.3 is 24.4 Å². The molecule has 1 atom stereocenters. The van der Waals surface area contributed by atoms with Crippen molar-refractivity contribution in [2.45, 2.75) is 107 Å². The van der Waals surface area contributed by atoms with Gasteiger partial charge in [-0.2, -0.15) is 13.2 Å². The summed E-state index contributed by atoms with van der Waals surface area (Å²) in [6.07, 6.45) is 10.7. The Balaban J connectivity index is 0.000000671. The van der Waals surface area contributed by atoms with E-state index in [4.69, 9.17) is 19.4 Å². The maximum Gasteiger partial charge on any atom is 0.490 e. The van der Waals surface area contributed by atoms with E-state index in [1.54, 1.807) is 18.9 Å². The monoisotopic (exact) mass is 699 g/mol. The number of thioether (sulfide) groups is 1. The van der Waals surface area contributed by atoms with Crippen LogP contribution in [0.4, 0.5) is 18.0 Å². The number of carbonyl (C=O) groups excluding carboxylic acids is 2. The number of carboxylic acid groups (broad SMARTS) is 1. The fourth-order valence-corrected chi connectivity index (χ4v) is 8.25. The SMILES string of the molecule is CCCCC1CN(CC2CCCCC2)C(=O)OC12CCN(C1CCN(C(=O)c3ccc(SC)cc3OC)CC1)CC2.O=C(O)C(F)(F)F. The first-order chi connectivity index (χ1) is 22.9. The van der Waals surface area contributed by atoms with Gasteiger partial charge in [0.25, 0.3) is 5.91 Å². The lowest BCUT2D eigenvalue weighted by Gasteiger charge is -2.52. The second-order valence-corrected chi connectivity index (χ2v) is 14.5. The third-order valence-corrected chi connectivity index (χ3v) is 11.4. The van der Waals surface area contributed by atoms with Crippen LogP contribution in [0.1, 0.15) is 94.3 Å². The number of piperidine rings is 2. The summed E-state index contributed by atoms with van der Waals surface area (Å²) in [7, 11) is 1.64. The molecule has 1 N–H and O–H groups in total. The fourth-order valence-electron chi connectivity index (χ4n) is 7.82. The smallest absolute Gasteiger partial charge is 0.490 e. The van der Waals surface area contributed by atoms with Crippen molar-refractivity contribution in [2.75, 3.05) is 52.6 Å². The van der Waals surface area contributed by atoms with Crippen LogP contribution in [0.3, 0.4) is 0 Å². The molecule has 0 aromatic heterocycles. The van der Waals surface area contributed by atoms with Crippen molar-refractivity contribution >= 4 is 29.7 Å². The topological polar surface area (TPSA) is 99.6 Å². The van der Waals surface area contributed by atoms with E-state index in [2.05, 4.69) is 16.7 Å². The highest BCUT2D eigenvalue weighted by atomic mass is 32.2. The second-order valence-electron chi connectivity index (χ2n) is 13.6. The number of unbranched alkanes of at least 4 members (excludes halogenated alkanes) is 1. The molecule has 1 spiro atoms. The first kappa shape index (κ1) is 38.1. The second kappa shape index (κ2) is 17.3. The number of alkyl halides is 3. The van der Waals surface area contributed by atoms with Gasteiger partial charge in [0.2, 0.25) is 0 Å². The number of benzene rings is 1. The lowest BCUT2D eigenvalue weighted by molar-refractivity contribution is -0.192. The number of nitrogens with zero attached hydrogens (tertiary/aromatic N) is 3. The normalized spacial score (nSPS) is 22.5. The number of halogens is 3. The van der Waals surface area contributed by atoms with Crippen LogP contribution in [-0.4, -0.2) is 108 Å². The van der Waals surface area contributed by atoms with Crippen molar-refractivity contribution in [3.05, 3.63) is 23.8 Å². The Bertz CT molecular complexity index is 1230. The van der Waals surface area contributed by atoms with Crippen LogP contribution in [0.15, 0.2) is 23.1 Å². The van der Waals surface area contributed by atoms with Gasteiger partial charge in [0.05, 0.1) is 12.7 Å². The Morgan fingerprint density at radius 3 is 2.27 bits per heavy atom. The van der Waals surface area contributed by atoms with Crippen molar-refractivity contribution in [1.29, 1.82) is 0 Å². The number of hydrogen-bond acceptors (Lipinski definition) is 7. The van der Waals surface area contributed by atoms with Gasteiger partial charge in [0.15, 0.2) is 0 Å². The molecule has 270 valence electrons. The Morgan fingerprint density at radius 1 is 1.06 bits per heavy atom. The summed E-state index contributed by atoms with van der Waals surface area (Å²) < 4.78 is 43.7. The van der Waals surface area contributed by atoms with Crippen LogP contribution in [0.5, 0.6) is 5.75 Å². The van der Waals surface area contributed by atoms with Gasteiger partial charge in [-0.05, 0) is 62.5 Å². The van der Waals surface area contributed by atoms with Gasteiger partial charge >= 0.3 is 18.2 Å². The highest BCUT2D eigenvalue weighted by Gasteiger charge is 2.50. The standard InChI is InChI=1S/C33H51N3O4S.C2HF3O2/c1-4-5-11-26-24-36(23-25-9-7-6-8-10-25)32(38)40-33(26)16-20-34(21-17-33)27-14-18-35(19-15-27)31(37)29-13-12-28(41-3)22-30(29)39-2;3-2(4,5)1(6)7/h12-13,22,25-27H,4-11,14-21,23-24H2,1-3H3;(H,6,7). The zero-order valence-corrected chi connectivity index (χ0v) is 29.4. The molecule has 0 bridgehead atoms. The molecule has 1 aromatic carbocycles. The third-order valence-electron chi connectivity index (χ3n) is 10.6. The van der Waals surface area contributed by atoms with Crippen LogP contribution in [0, 0.1) is 11.8 Å². The minimum absolute atomic E-state index is 0.0652. The molecule has 1 saturated carbocycles. The van der Waals surface area contributed by atoms with Gasteiger partial charge in [-0.25, -0.2) is 9.59 Å². The Hall–Kier alpha value is -2.67. The minimum Gasteiger partial charge on any atom is -0.496 e. The third kappa shape index (κ3) is 9.73. The summed E-state index contributed by atoms with van der Waals surface area (Å²) in [5.74, 6) is -0.962. The molecule has 1 unspecified atom stereocenters. The average Bonchev–Trinajstić information content (AvgIpc) is 3.09. The quantitative estimate of drug-likeness (QED) is 0.268. The summed E-state index contributed by atoms with van der Waals surface area (Å²) in [6, 6.07) is 6.33. The van der Waals surface area contributed by atoms with Crippen LogP contribution in [0.2, 0.25) is 0 Å². The molecule has 48 heavy (non-hydrogen) atoms. The number of likely N-dealkylation sites (tertiary alicyclic amines) is 2. The largest absolute Gasteiger partial charge is 0.496 e. The number of carboxylic acids is 1. The van der Waals surface area contributed by atoms with Crippen molar-refractivity contribution < 1.29 is 42.1 Å². The van der Waals surface area contributed by atoms with E-state index in [0.717, 1.165) is 76.3 Å². The molecule has 3 heterocycles. The number of hydrogen-bond donors (Lipinski definition) is 1. The van der Waals surface area contributed by atoms with Gasteiger partial charge in [-0.1, -0.05) is 39.0 Å². The maximum atomic E-state index is 13.3. The lowest BCUT2D eigenvalue weighted by Crippen LogP contribution is -2.61. The van der Waals surface area contributed by atoms with E-state index in [0.29, 0.717) is 29.2 Å². The number of aliphatic carboxylic acids is 1. The minimum atomic E-state index is -5.08. The maximum absolute atomic E-state index is 13.3. The van der Waals surface area contributed by atoms with E-state index in [-0.39, 0.29) is 17.6 Å². The number of methoxy groups -OCH3 is 1. The number of rotatable bonds is 9. The molecule has 13 heteroatoms.